The van der Waals surface area contributed by atoms with Crippen LogP contribution >= 0.6 is 0 Å². The highest BCUT2D eigenvalue weighted by molar-refractivity contribution is 5.97. The molecule has 0 unspecified atom stereocenters. The van der Waals surface area contributed by atoms with Gasteiger partial charge < -0.3 is 40.9 Å². The van der Waals surface area contributed by atoms with Crippen LogP contribution in [0.1, 0.15) is 147 Å². The smallest absolute Gasteiger partial charge is 0.326 e. The fourth-order valence-corrected chi connectivity index (χ4v) is 8.14. The first-order valence-electron chi connectivity index (χ1n) is 23.2. The number of nitrogens with zero attached hydrogens (tertiary/aromatic N) is 3. The zero-order chi connectivity index (χ0) is 49.1. The number of carboxylic acid groups (broad SMARTS) is 1. The third-order valence-corrected chi connectivity index (χ3v) is 12.3. The summed E-state index contributed by atoms with van der Waals surface area (Å²) in [5.74, 6) is -7.80. The number of aromatic hydroxyl groups is 2. The van der Waals surface area contributed by atoms with Gasteiger partial charge in [-0.3, -0.25) is 38.9 Å². The van der Waals surface area contributed by atoms with Crippen molar-refractivity contribution in [2.45, 2.75) is 161 Å². The molecule has 4 bridgehead atoms. The number of carbonyl (C=O) groups is 7. The molecule has 0 aromatic heterocycles. The van der Waals surface area contributed by atoms with E-state index in [2.05, 4.69) is 17.6 Å². The molecule has 1 aliphatic rings. The molecule has 2 aromatic carbocycles. The SMILES string of the molecule is CCCCCCCCCCCCCCCC(=O)N(C)[C@H](CO)C(=O)N[C@H](C)C(=O)CCC(=O)N(C)[C@@H]1C(=O)C[C@@H](C)C(=O)N[C@H](C(=O)O)Cc2cc(c(O)c([N+](=O)[O-])c2)-c2cc1ccc2O. The number of aliphatic hydroxyl groups excluding tert-OH is 1. The summed E-state index contributed by atoms with van der Waals surface area (Å²) in [6, 6.07) is 0.440. The van der Waals surface area contributed by atoms with Gasteiger partial charge in [0.25, 0.3) is 0 Å². The molecule has 364 valence electrons. The average molecular weight is 924 g/mol. The van der Waals surface area contributed by atoms with E-state index >= 15 is 0 Å². The fourth-order valence-electron chi connectivity index (χ4n) is 8.14. The van der Waals surface area contributed by atoms with Crippen LogP contribution in [0.3, 0.4) is 0 Å². The monoisotopic (exact) mass is 923 g/mol. The number of hydrogen-bond donors (Lipinski definition) is 6. The van der Waals surface area contributed by atoms with Gasteiger partial charge in [0.1, 0.15) is 23.9 Å². The van der Waals surface area contributed by atoms with Gasteiger partial charge in [0.2, 0.25) is 29.4 Å². The van der Waals surface area contributed by atoms with Crippen LogP contribution in [-0.4, -0.2) is 115 Å². The lowest BCUT2D eigenvalue weighted by molar-refractivity contribution is -0.385. The number of aliphatic hydroxyl groups is 1. The molecule has 18 heteroatoms. The van der Waals surface area contributed by atoms with Crippen molar-refractivity contribution in [3.8, 4) is 22.6 Å². The molecule has 18 nitrogen and oxygen atoms in total. The lowest BCUT2D eigenvalue weighted by Gasteiger charge is -2.29. The highest BCUT2D eigenvalue weighted by Gasteiger charge is 2.35. The van der Waals surface area contributed by atoms with E-state index in [4.69, 9.17) is 0 Å². The van der Waals surface area contributed by atoms with Gasteiger partial charge in [0.15, 0.2) is 11.6 Å². The Bertz CT molecular complexity index is 2040. The van der Waals surface area contributed by atoms with Crippen molar-refractivity contribution >= 4 is 46.9 Å². The quantitative estimate of drug-likeness (QED) is 0.0377. The minimum Gasteiger partial charge on any atom is -0.507 e. The van der Waals surface area contributed by atoms with Crippen LogP contribution in [0, 0.1) is 16.0 Å². The number of hydrogen-bond acceptors (Lipinski definition) is 12. The van der Waals surface area contributed by atoms with Gasteiger partial charge in [-0.2, -0.15) is 0 Å². The van der Waals surface area contributed by atoms with E-state index in [9.17, 15) is 64.1 Å². The first-order valence-corrected chi connectivity index (χ1v) is 23.2. The molecule has 4 amide bonds. The number of nitro benzene ring substituents is 1. The summed E-state index contributed by atoms with van der Waals surface area (Å²) in [7, 11) is 2.69. The summed E-state index contributed by atoms with van der Waals surface area (Å²) in [5, 5.41) is 58.7. The van der Waals surface area contributed by atoms with Gasteiger partial charge in [-0.25, -0.2) is 4.79 Å². The van der Waals surface area contributed by atoms with Crippen molar-refractivity contribution in [2.24, 2.45) is 5.92 Å². The third kappa shape index (κ3) is 15.9. The highest BCUT2D eigenvalue weighted by atomic mass is 16.6. The van der Waals surface area contributed by atoms with E-state index < -0.39 is 120 Å². The molecule has 0 radical (unpaired) electrons. The number of benzene rings is 2. The normalized spacial score (nSPS) is 17.2. The van der Waals surface area contributed by atoms with Gasteiger partial charge in [-0.15, -0.1) is 0 Å². The number of unbranched alkanes of at least 4 members (excludes halogenated alkanes) is 12. The van der Waals surface area contributed by atoms with E-state index in [0.717, 1.165) is 47.6 Å². The number of phenols is 2. The van der Waals surface area contributed by atoms with Gasteiger partial charge in [-0.05, 0) is 42.7 Å². The van der Waals surface area contributed by atoms with Crippen LogP contribution in [0.5, 0.6) is 11.5 Å². The Balaban J connectivity index is 1.67. The predicted molar refractivity (Wildman–Crippen MR) is 245 cm³/mol. The fraction of sp³-hybridized carbons (Fsp3) is 0.604. The lowest BCUT2D eigenvalue weighted by atomic mass is 9.89. The molecule has 1 heterocycles. The maximum atomic E-state index is 14.1. The summed E-state index contributed by atoms with van der Waals surface area (Å²) in [6.45, 7) is 4.31. The number of phenolic OH excluding ortho intramolecular Hbond substituents is 2. The Hall–Kier alpha value is -5.91. The van der Waals surface area contributed by atoms with E-state index in [0.29, 0.717) is 6.42 Å². The second-order valence-electron chi connectivity index (χ2n) is 17.5. The van der Waals surface area contributed by atoms with E-state index in [1.165, 1.54) is 97.5 Å². The number of fused-ring (bicyclic) bond motifs is 5. The standard InChI is InChI=1S/C48H69N5O13/c1-6-7-8-9-10-11-12-13-14-15-16-17-18-19-42(58)51(4)38(29-54)47(62)49-31(3)39(55)22-23-43(59)52(5)44-33-20-21-40(56)34(28-33)35-25-32(27-37(45(35)60)53(65)66)26-36(48(63)64)50-46(61)30(2)24-41(44)57/h20-21,25,27-28,30-31,36,38,44,54,56,60H,6-19,22-24,26,29H2,1-5H3,(H,49,62)(H,50,61)(H,63,64)/t30-,31-,36+,38-,44+/m1/s1. The molecule has 6 N–H and O–H groups in total. The van der Waals surface area contributed by atoms with Crippen LogP contribution in [0.25, 0.3) is 11.1 Å². The van der Waals surface area contributed by atoms with Crippen molar-refractivity contribution < 1.29 is 58.9 Å². The van der Waals surface area contributed by atoms with Gasteiger partial charge in [0.05, 0.1) is 17.6 Å². The summed E-state index contributed by atoms with van der Waals surface area (Å²) in [5.41, 5.74) is -1.17. The van der Waals surface area contributed by atoms with E-state index in [1.807, 2.05) is 0 Å². The van der Waals surface area contributed by atoms with Gasteiger partial charge in [0, 0.05) is 69.3 Å². The van der Waals surface area contributed by atoms with Crippen LogP contribution in [0.4, 0.5) is 5.69 Å². The van der Waals surface area contributed by atoms with E-state index in [-0.39, 0.29) is 34.6 Å². The molecule has 0 aliphatic carbocycles. The topological polar surface area (TPSA) is 274 Å². The number of carboxylic acids is 1. The maximum absolute atomic E-state index is 14.1. The molecule has 0 fully saturated rings. The second kappa shape index (κ2) is 26.9. The highest BCUT2D eigenvalue weighted by Crippen LogP contribution is 2.43. The molecular formula is C48H69N5O13. The van der Waals surface area contributed by atoms with Crippen LogP contribution in [0.15, 0.2) is 30.3 Å². The van der Waals surface area contributed by atoms with Crippen molar-refractivity contribution in [3.63, 3.8) is 0 Å². The first-order chi connectivity index (χ1) is 31.3. The molecule has 3 rings (SSSR count). The number of nitrogens with one attached hydrogen (secondary N) is 2. The molecule has 0 saturated heterocycles. The number of carbonyl (C=O) groups excluding carboxylic acids is 6. The third-order valence-electron chi connectivity index (χ3n) is 12.3. The van der Waals surface area contributed by atoms with Crippen molar-refractivity contribution in [3.05, 3.63) is 51.6 Å². The Labute approximate surface area is 386 Å². The van der Waals surface area contributed by atoms with Crippen LogP contribution in [0.2, 0.25) is 0 Å². The first kappa shape index (κ1) is 54.4. The summed E-state index contributed by atoms with van der Waals surface area (Å²) in [6.07, 6.45) is 13.4. The van der Waals surface area contributed by atoms with Gasteiger partial charge >= 0.3 is 11.7 Å². The molecule has 2 aromatic rings. The molecule has 5 atom stereocenters. The Morgan fingerprint density at radius 1 is 0.833 bits per heavy atom. The predicted octanol–water partition coefficient (Wildman–Crippen LogP) is 6.05. The zero-order valence-corrected chi connectivity index (χ0v) is 39.0. The van der Waals surface area contributed by atoms with Crippen molar-refractivity contribution in [1.29, 1.82) is 0 Å². The molecule has 0 spiro atoms. The summed E-state index contributed by atoms with van der Waals surface area (Å²) in [4.78, 5) is 106. The molecule has 1 aliphatic heterocycles. The summed E-state index contributed by atoms with van der Waals surface area (Å²) < 4.78 is 0. The number of ketones is 2. The Morgan fingerprint density at radius 2 is 1.42 bits per heavy atom. The number of aliphatic carboxylic acids is 1. The maximum Gasteiger partial charge on any atom is 0.326 e. The van der Waals surface area contributed by atoms with Crippen molar-refractivity contribution in [2.75, 3.05) is 20.7 Å². The summed E-state index contributed by atoms with van der Waals surface area (Å²) >= 11 is 0. The minimum absolute atomic E-state index is 0.0272. The second-order valence-corrected chi connectivity index (χ2v) is 17.5. The molecule has 0 saturated carbocycles. The van der Waals surface area contributed by atoms with Crippen LogP contribution < -0.4 is 10.6 Å². The number of Topliss-reactive ketones (excluding diaryl/α,β-unsaturated/α-hetero) is 2. The Morgan fingerprint density at radius 3 is 1.98 bits per heavy atom. The lowest BCUT2D eigenvalue weighted by Crippen LogP contribution is -2.53. The van der Waals surface area contributed by atoms with Crippen LogP contribution in [-0.2, 0) is 40.0 Å². The number of rotatable bonds is 25. The minimum atomic E-state index is -1.60. The molecule has 66 heavy (non-hydrogen) atoms. The van der Waals surface area contributed by atoms with Gasteiger partial charge in [-0.1, -0.05) is 97.0 Å². The zero-order valence-electron chi connectivity index (χ0n) is 39.0. The Kier molecular flexibility index (Phi) is 22.2. The number of amides is 4. The number of likely N-dealkylation sites (N-methyl/N-ethyl adjacent to an activating group) is 2. The number of nitro groups is 1. The average Bonchev–Trinajstić information content (AvgIpc) is 3.27. The molecular weight excluding hydrogens is 855 g/mol. The van der Waals surface area contributed by atoms with Crippen molar-refractivity contribution in [1.82, 2.24) is 20.4 Å². The van der Waals surface area contributed by atoms with E-state index in [1.54, 1.807) is 0 Å². The largest absolute Gasteiger partial charge is 0.507 e.